The number of thiophene rings is 3. The molecule has 5 aromatic heterocycles. The first-order valence-electron chi connectivity index (χ1n) is 16.9. The number of aromatic nitrogens is 4. The Morgan fingerprint density at radius 2 is 0.830 bits per heavy atom. The third-order valence-electron chi connectivity index (χ3n) is 9.14. The molecule has 0 aliphatic rings. The van der Waals surface area contributed by atoms with Crippen molar-refractivity contribution in [3.63, 3.8) is 0 Å². The molecule has 7 rings (SSSR count). The standard InChI is InChI=1S/C38H40N4S5/c1-5-7-9-11-13-25-21-33(43-23(25)3)29-17-15-27(35-37(29)41-46-39-35)31-19-20-32(45-31)28-16-18-30(38-36(28)40-47-42-38)34-22-26(24(4)44-34)14-12-10-8-6-2/h15-22H,5-14H2,1-4H3. The summed E-state index contributed by atoms with van der Waals surface area (Å²) >= 11 is 8.19. The molecule has 0 bridgehead atoms. The summed E-state index contributed by atoms with van der Waals surface area (Å²) < 4.78 is 19.2. The molecule has 2 aromatic carbocycles. The summed E-state index contributed by atoms with van der Waals surface area (Å²) in [6.07, 6.45) is 12.6. The highest BCUT2D eigenvalue weighted by atomic mass is 32.1. The minimum absolute atomic E-state index is 0.992. The van der Waals surface area contributed by atoms with E-state index in [-0.39, 0.29) is 0 Å². The first-order valence-corrected chi connectivity index (χ1v) is 20.8. The summed E-state index contributed by atoms with van der Waals surface area (Å²) in [6, 6.07) is 18.2. The molecule has 0 saturated carbocycles. The van der Waals surface area contributed by atoms with Crippen LogP contribution in [0.2, 0.25) is 0 Å². The summed E-state index contributed by atoms with van der Waals surface area (Å²) in [6.45, 7) is 9.06. The van der Waals surface area contributed by atoms with E-state index >= 15 is 0 Å². The van der Waals surface area contributed by atoms with Gasteiger partial charge in [-0.25, -0.2) is 0 Å². The number of aryl methyl sites for hydroxylation is 4. The first kappa shape index (κ1) is 32.7. The molecule has 0 atom stereocenters. The Balaban J connectivity index is 1.16. The average Bonchev–Trinajstić information content (AvgIpc) is 3.92. The van der Waals surface area contributed by atoms with Gasteiger partial charge in [-0.2, -0.15) is 17.5 Å². The number of hydrogen-bond acceptors (Lipinski definition) is 9. The van der Waals surface area contributed by atoms with E-state index in [4.69, 9.17) is 17.5 Å². The Hall–Kier alpha value is -2.82. The van der Waals surface area contributed by atoms with E-state index in [1.54, 1.807) is 11.3 Å². The zero-order valence-electron chi connectivity index (χ0n) is 27.5. The third kappa shape index (κ3) is 6.75. The number of unbranched alkanes of at least 4 members (excludes halogenated alkanes) is 6. The molecule has 0 aliphatic carbocycles. The topological polar surface area (TPSA) is 51.6 Å². The predicted molar refractivity (Wildman–Crippen MR) is 209 cm³/mol. The molecule has 9 heteroatoms. The molecule has 242 valence electrons. The van der Waals surface area contributed by atoms with Crippen molar-refractivity contribution in [1.29, 1.82) is 0 Å². The maximum Gasteiger partial charge on any atom is 0.114 e. The molecular weight excluding hydrogens is 673 g/mol. The normalized spacial score (nSPS) is 11.8. The lowest BCUT2D eigenvalue weighted by Crippen LogP contribution is -1.85. The molecule has 0 fully saturated rings. The van der Waals surface area contributed by atoms with E-state index < -0.39 is 0 Å². The molecule has 0 spiro atoms. The van der Waals surface area contributed by atoms with Crippen LogP contribution in [0.15, 0.2) is 48.5 Å². The fourth-order valence-electron chi connectivity index (χ4n) is 6.44. The van der Waals surface area contributed by atoms with E-state index in [2.05, 4.69) is 76.2 Å². The van der Waals surface area contributed by atoms with Crippen LogP contribution in [0.4, 0.5) is 0 Å². The summed E-state index contributed by atoms with van der Waals surface area (Å²) in [5.41, 5.74) is 11.6. The molecule has 0 radical (unpaired) electrons. The molecule has 0 N–H and O–H groups in total. The van der Waals surface area contributed by atoms with Crippen molar-refractivity contribution in [3.8, 4) is 41.8 Å². The van der Waals surface area contributed by atoms with Crippen molar-refractivity contribution in [3.05, 3.63) is 69.4 Å². The minimum atomic E-state index is 0.992. The minimum Gasteiger partial charge on any atom is -0.172 e. The first-order chi connectivity index (χ1) is 23.1. The van der Waals surface area contributed by atoms with Gasteiger partial charge in [0.25, 0.3) is 0 Å². The Morgan fingerprint density at radius 1 is 0.447 bits per heavy atom. The lowest BCUT2D eigenvalue weighted by Gasteiger charge is -2.05. The second kappa shape index (κ2) is 14.7. The summed E-state index contributed by atoms with van der Waals surface area (Å²) in [4.78, 5) is 7.84. The van der Waals surface area contributed by atoms with Crippen molar-refractivity contribution in [2.45, 2.75) is 91.9 Å². The zero-order chi connectivity index (χ0) is 32.3. The van der Waals surface area contributed by atoms with Crippen LogP contribution in [0, 0.1) is 13.8 Å². The zero-order valence-corrected chi connectivity index (χ0v) is 31.6. The van der Waals surface area contributed by atoms with E-state index in [1.807, 2.05) is 22.7 Å². The Bertz CT molecular complexity index is 1980. The van der Waals surface area contributed by atoms with Gasteiger partial charge in [0.2, 0.25) is 0 Å². The molecule has 7 aromatic rings. The van der Waals surface area contributed by atoms with Crippen molar-refractivity contribution >= 4 is 79.5 Å². The van der Waals surface area contributed by atoms with E-state index in [9.17, 15) is 0 Å². The fourth-order valence-corrected chi connectivity index (χ4v) is 10.8. The van der Waals surface area contributed by atoms with E-state index in [1.165, 1.54) is 126 Å². The van der Waals surface area contributed by atoms with Crippen molar-refractivity contribution in [2.75, 3.05) is 0 Å². The second-order valence-electron chi connectivity index (χ2n) is 12.4. The highest BCUT2D eigenvalue weighted by Crippen LogP contribution is 2.44. The van der Waals surface area contributed by atoms with Crippen molar-refractivity contribution < 1.29 is 0 Å². The molecule has 4 nitrogen and oxygen atoms in total. The second-order valence-corrected chi connectivity index (χ2v) is 17.1. The number of rotatable bonds is 14. The molecule has 5 heterocycles. The van der Waals surface area contributed by atoms with Gasteiger partial charge in [0.15, 0.2) is 0 Å². The van der Waals surface area contributed by atoms with Gasteiger partial charge < -0.3 is 0 Å². The largest absolute Gasteiger partial charge is 0.172 e. The maximum atomic E-state index is 4.81. The smallest absolute Gasteiger partial charge is 0.114 e. The molecular formula is C38H40N4S5. The summed E-state index contributed by atoms with van der Waals surface area (Å²) in [5, 5.41) is 0. The monoisotopic (exact) mass is 712 g/mol. The quantitative estimate of drug-likeness (QED) is 0.105. The molecule has 0 saturated heterocycles. The third-order valence-corrected chi connectivity index (χ3v) is 13.6. The van der Waals surface area contributed by atoms with Crippen LogP contribution in [0.5, 0.6) is 0 Å². The van der Waals surface area contributed by atoms with Crippen molar-refractivity contribution in [1.82, 2.24) is 17.5 Å². The average molecular weight is 713 g/mol. The van der Waals surface area contributed by atoms with Crippen LogP contribution < -0.4 is 0 Å². The van der Waals surface area contributed by atoms with Gasteiger partial charge in [0.05, 0.1) is 23.5 Å². The fraction of sp³-hybridized carbons (Fsp3) is 0.368. The molecule has 0 aliphatic heterocycles. The van der Waals surface area contributed by atoms with Gasteiger partial charge in [-0.1, -0.05) is 76.6 Å². The Morgan fingerprint density at radius 3 is 1.21 bits per heavy atom. The molecule has 47 heavy (non-hydrogen) atoms. The van der Waals surface area contributed by atoms with Crippen LogP contribution in [0.1, 0.15) is 86.1 Å². The van der Waals surface area contributed by atoms with Crippen molar-refractivity contribution in [2.24, 2.45) is 0 Å². The van der Waals surface area contributed by atoms with Gasteiger partial charge in [0, 0.05) is 51.5 Å². The Kier molecular flexibility index (Phi) is 10.3. The summed E-state index contributed by atoms with van der Waals surface area (Å²) in [7, 11) is 0. The summed E-state index contributed by atoms with van der Waals surface area (Å²) in [5.74, 6) is 0. The van der Waals surface area contributed by atoms with Gasteiger partial charge in [-0.05, 0) is 74.9 Å². The highest BCUT2D eigenvalue weighted by molar-refractivity contribution is 7.19. The van der Waals surface area contributed by atoms with Gasteiger partial charge in [-0.3, -0.25) is 0 Å². The number of nitrogens with zero attached hydrogens (tertiary/aromatic N) is 4. The lowest BCUT2D eigenvalue weighted by molar-refractivity contribution is 0.666. The van der Waals surface area contributed by atoms with Crippen LogP contribution in [0.3, 0.4) is 0 Å². The van der Waals surface area contributed by atoms with Crippen LogP contribution >= 0.6 is 57.5 Å². The maximum absolute atomic E-state index is 4.81. The number of hydrogen-bond donors (Lipinski definition) is 0. The molecule has 0 unspecified atom stereocenters. The van der Waals surface area contributed by atoms with Crippen LogP contribution in [0.25, 0.3) is 63.8 Å². The van der Waals surface area contributed by atoms with Gasteiger partial charge in [0.1, 0.15) is 22.1 Å². The predicted octanol–water partition coefficient (Wildman–Crippen LogP) is 13.4. The lowest BCUT2D eigenvalue weighted by atomic mass is 10.0. The van der Waals surface area contributed by atoms with Crippen LogP contribution in [-0.2, 0) is 12.8 Å². The number of fused-ring (bicyclic) bond motifs is 2. The van der Waals surface area contributed by atoms with Gasteiger partial charge in [-0.15, -0.1) is 34.0 Å². The number of benzene rings is 2. The van der Waals surface area contributed by atoms with Crippen LogP contribution in [-0.4, -0.2) is 17.5 Å². The van der Waals surface area contributed by atoms with E-state index in [0.717, 1.165) is 46.0 Å². The molecule has 0 amide bonds. The van der Waals surface area contributed by atoms with Gasteiger partial charge >= 0.3 is 0 Å². The SMILES string of the molecule is CCCCCCc1cc(-c2ccc(-c3ccc(-c4ccc(-c5cc(CCCCCC)c(C)s5)c5nsnc45)s3)c3nsnc23)sc1C. The highest BCUT2D eigenvalue weighted by Gasteiger charge is 2.20. The van der Waals surface area contributed by atoms with E-state index in [0.29, 0.717) is 0 Å². The Labute approximate surface area is 298 Å².